The molecule has 2 fully saturated rings. The van der Waals surface area contributed by atoms with Crippen LogP contribution in [0.5, 0.6) is 0 Å². The maximum atomic E-state index is 13.8. The average Bonchev–Trinajstić information content (AvgIpc) is 3.11. The number of hydrogen-bond donors (Lipinski definition) is 0. The largest absolute Gasteiger partial charge is 0.315 e. The number of halogens is 1. The molecule has 2 saturated heterocycles. The van der Waals surface area contributed by atoms with Crippen molar-refractivity contribution in [3.63, 3.8) is 0 Å². The maximum Gasteiger partial charge on any atom is 0.248 e. The number of sulfone groups is 1. The van der Waals surface area contributed by atoms with Crippen molar-refractivity contribution in [3.8, 4) is 0 Å². The second kappa shape index (κ2) is 7.67. The number of nitrogens with zero attached hydrogens (tertiary/aromatic N) is 2. The van der Waals surface area contributed by atoms with Gasteiger partial charge in [-0.2, -0.15) is 4.99 Å². The number of rotatable bonds is 4. The Kier molecular flexibility index (Phi) is 5.25. The van der Waals surface area contributed by atoms with Gasteiger partial charge in [-0.15, -0.1) is 0 Å². The van der Waals surface area contributed by atoms with Gasteiger partial charge in [0, 0.05) is 17.4 Å². The first-order valence-electron chi connectivity index (χ1n) is 8.99. The summed E-state index contributed by atoms with van der Waals surface area (Å²) < 4.78 is 37.9. The second-order valence-corrected chi connectivity index (χ2v) is 10.3. The molecule has 0 N–H and O–H groups in total. The van der Waals surface area contributed by atoms with Crippen molar-refractivity contribution in [3.05, 3.63) is 66.0 Å². The van der Waals surface area contributed by atoms with Crippen LogP contribution < -0.4 is 4.90 Å². The first kappa shape index (κ1) is 19.1. The van der Waals surface area contributed by atoms with Gasteiger partial charge in [0.1, 0.15) is 5.82 Å². The second-order valence-electron chi connectivity index (χ2n) is 6.92. The normalized spacial score (nSPS) is 24.5. The van der Waals surface area contributed by atoms with E-state index in [0.717, 1.165) is 5.56 Å². The Balaban J connectivity index is 1.58. The first-order valence-corrected chi connectivity index (χ1v) is 11.7. The molecule has 4 rings (SSSR count). The Bertz CT molecular complexity index is 1020. The monoisotopic (exact) mass is 418 g/mol. The molecule has 0 saturated carbocycles. The Morgan fingerprint density at radius 1 is 1.14 bits per heavy atom. The van der Waals surface area contributed by atoms with Gasteiger partial charge in [-0.25, -0.2) is 12.8 Å². The molecule has 0 unspecified atom stereocenters. The number of aliphatic imine (C=N–C) groups is 1. The van der Waals surface area contributed by atoms with Gasteiger partial charge < -0.3 is 4.90 Å². The standard InChI is InChI=1S/C20H19FN2O3S2/c21-15-7-4-8-16(11-15)23-17-12-28(25,26)13-18(17)27-20(23)22-19(24)10-9-14-5-2-1-3-6-14/h1-8,11,17-18H,9-10,12-13H2/t17-,18+/m1/s1. The molecule has 2 aromatic rings. The predicted octanol–water partition coefficient (Wildman–Crippen LogP) is 3.06. The highest BCUT2D eigenvalue weighted by Crippen LogP contribution is 2.41. The van der Waals surface area contributed by atoms with E-state index in [1.807, 2.05) is 30.3 Å². The highest BCUT2D eigenvalue weighted by molar-refractivity contribution is 8.16. The van der Waals surface area contributed by atoms with E-state index in [1.165, 1.54) is 23.9 Å². The minimum Gasteiger partial charge on any atom is -0.315 e. The van der Waals surface area contributed by atoms with Crippen molar-refractivity contribution >= 4 is 38.4 Å². The van der Waals surface area contributed by atoms with Crippen molar-refractivity contribution in [2.45, 2.75) is 24.1 Å². The van der Waals surface area contributed by atoms with Crippen LogP contribution in [0, 0.1) is 5.82 Å². The molecule has 8 heteroatoms. The SMILES string of the molecule is O=C(CCc1ccccc1)N=C1S[C@H]2CS(=O)(=O)C[C@H]2N1c1cccc(F)c1. The van der Waals surface area contributed by atoms with Crippen LogP contribution in [0.1, 0.15) is 12.0 Å². The van der Waals surface area contributed by atoms with Gasteiger partial charge in [-0.1, -0.05) is 48.2 Å². The molecule has 2 heterocycles. The van der Waals surface area contributed by atoms with Gasteiger partial charge in [0.05, 0.1) is 17.5 Å². The average molecular weight is 419 g/mol. The zero-order chi connectivity index (χ0) is 19.7. The molecule has 1 amide bonds. The predicted molar refractivity (Wildman–Crippen MR) is 110 cm³/mol. The molecule has 0 bridgehead atoms. The summed E-state index contributed by atoms with van der Waals surface area (Å²) in [5.74, 6) is -0.652. The first-order chi connectivity index (χ1) is 13.4. The molecule has 2 aliphatic heterocycles. The minimum absolute atomic E-state index is 0.0155. The fourth-order valence-electron chi connectivity index (χ4n) is 3.55. The number of anilines is 1. The topological polar surface area (TPSA) is 66.8 Å². The third kappa shape index (κ3) is 4.12. The van der Waals surface area contributed by atoms with Crippen molar-refractivity contribution in [1.82, 2.24) is 0 Å². The number of fused-ring (bicyclic) bond motifs is 1. The summed E-state index contributed by atoms with van der Waals surface area (Å²) in [6, 6.07) is 15.3. The Labute approximate surface area is 167 Å². The summed E-state index contributed by atoms with van der Waals surface area (Å²) in [6.45, 7) is 0. The minimum atomic E-state index is -3.15. The summed E-state index contributed by atoms with van der Waals surface area (Å²) in [4.78, 5) is 18.4. The Morgan fingerprint density at radius 3 is 2.68 bits per heavy atom. The van der Waals surface area contributed by atoms with Crippen molar-refractivity contribution < 1.29 is 17.6 Å². The molecule has 146 valence electrons. The quantitative estimate of drug-likeness (QED) is 0.764. The lowest BCUT2D eigenvalue weighted by Crippen LogP contribution is -2.37. The van der Waals surface area contributed by atoms with E-state index >= 15 is 0 Å². The van der Waals surface area contributed by atoms with Gasteiger partial charge in [-0.05, 0) is 30.2 Å². The molecule has 0 aromatic heterocycles. The van der Waals surface area contributed by atoms with Crippen molar-refractivity contribution in [2.24, 2.45) is 4.99 Å². The van der Waals surface area contributed by atoms with E-state index in [0.29, 0.717) is 17.3 Å². The molecule has 28 heavy (non-hydrogen) atoms. The number of carbonyl (C=O) groups excluding carboxylic acids is 1. The summed E-state index contributed by atoms with van der Waals surface area (Å²) in [5.41, 5.74) is 1.58. The summed E-state index contributed by atoms with van der Waals surface area (Å²) in [6.07, 6.45) is 0.848. The molecule has 2 aromatic carbocycles. The van der Waals surface area contributed by atoms with E-state index in [1.54, 1.807) is 17.0 Å². The highest BCUT2D eigenvalue weighted by Gasteiger charge is 2.49. The molecule has 0 aliphatic carbocycles. The lowest BCUT2D eigenvalue weighted by atomic mass is 10.1. The third-order valence-corrected chi connectivity index (χ3v) is 8.05. The summed E-state index contributed by atoms with van der Waals surface area (Å²) in [7, 11) is -3.15. The van der Waals surface area contributed by atoms with Crippen LogP contribution in [0.15, 0.2) is 59.6 Å². The molecule has 2 atom stereocenters. The molecular weight excluding hydrogens is 399 g/mol. The number of benzene rings is 2. The molecule has 5 nitrogen and oxygen atoms in total. The van der Waals surface area contributed by atoms with E-state index in [9.17, 15) is 17.6 Å². The molecule has 0 spiro atoms. The van der Waals surface area contributed by atoms with E-state index in [-0.39, 0.29) is 35.1 Å². The summed E-state index contributed by atoms with van der Waals surface area (Å²) >= 11 is 1.30. The number of aryl methyl sites for hydroxylation is 1. The Morgan fingerprint density at radius 2 is 1.93 bits per heavy atom. The zero-order valence-corrected chi connectivity index (χ0v) is 16.6. The Hall–Kier alpha value is -2.19. The lowest BCUT2D eigenvalue weighted by Gasteiger charge is -2.24. The molecule has 2 aliphatic rings. The van der Waals surface area contributed by atoms with Gasteiger partial charge in [0.25, 0.3) is 0 Å². The van der Waals surface area contributed by atoms with E-state index in [4.69, 9.17) is 0 Å². The highest BCUT2D eigenvalue weighted by atomic mass is 32.2. The van der Waals surface area contributed by atoms with Gasteiger partial charge in [0.15, 0.2) is 15.0 Å². The van der Waals surface area contributed by atoms with Crippen LogP contribution in [0.2, 0.25) is 0 Å². The third-order valence-electron chi connectivity index (χ3n) is 4.84. The smallest absolute Gasteiger partial charge is 0.248 e. The van der Waals surface area contributed by atoms with Gasteiger partial charge in [0.2, 0.25) is 5.91 Å². The van der Waals surface area contributed by atoms with E-state index in [2.05, 4.69) is 4.99 Å². The summed E-state index contributed by atoms with van der Waals surface area (Å²) in [5, 5.41) is 0.252. The number of amides is 1. The van der Waals surface area contributed by atoms with Gasteiger partial charge >= 0.3 is 0 Å². The zero-order valence-electron chi connectivity index (χ0n) is 15.0. The number of amidine groups is 1. The van der Waals surface area contributed by atoms with Crippen molar-refractivity contribution in [2.75, 3.05) is 16.4 Å². The molecule has 0 radical (unpaired) electrons. The van der Waals surface area contributed by atoms with Crippen molar-refractivity contribution in [1.29, 1.82) is 0 Å². The number of carbonyl (C=O) groups is 1. The van der Waals surface area contributed by atoms with Crippen LogP contribution in [0.25, 0.3) is 0 Å². The number of thioether (sulfide) groups is 1. The fourth-order valence-corrected chi connectivity index (χ4v) is 7.48. The van der Waals surface area contributed by atoms with Crippen LogP contribution >= 0.6 is 11.8 Å². The van der Waals surface area contributed by atoms with Crippen LogP contribution in [-0.4, -0.2) is 42.3 Å². The molecular formula is C20H19FN2O3S2. The van der Waals surface area contributed by atoms with E-state index < -0.39 is 15.7 Å². The van der Waals surface area contributed by atoms with Gasteiger partial charge in [-0.3, -0.25) is 4.79 Å². The van der Waals surface area contributed by atoms with Crippen LogP contribution in [0.4, 0.5) is 10.1 Å². The number of hydrogen-bond acceptors (Lipinski definition) is 4. The van der Waals surface area contributed by atoms with Crippen LogP contribution in [-0.2, 0) is 21.1 Å². The maximum absolute atomic E-state index is 13.8. The lowest BCUT2D eigenvalue weighted by molar-refractivity contribution is -0.117. The fraction of sp³-hybridized carbons (Fsp3) is 0.300. The van der Waals surface area contributed by atoms with Crippen LogP contribution in [0.3, 0.4) is 0 Å².